The van der Waals surface area contributed by atoms with Gasteiger partial charge < -0.3 is 80.5 Å². The van der Waals surface area contributed by atoms with E-state index in [4.69, 9.17) is 37.3 Å². The predicted octanol–water partition coefficient (Wildman–Crippen LogP) is -11.3. The molecule has 0 amide bonds. The maximum absolute atomic E-state index is 12.5. The second kappa shape index (κ2) is 19.8. The Balaban J connectivity index is 5.22. The van der Waals surface area contributed by atoms with Gasteiger partial charge in [-0.3, -0.25) is 0 Å². The van der Waals surface area contributed by atoms with Crippen molar-refractivity contribution in [3.63, 3.8) is 0 Å². The summed E-state index contributed by atoms with van der Waals surface area (Å²) in [4.78, 5) is 103. The van der Waals surface area contributed by atoms with Crippen LogP contribution in [0, 0.1) is 0 Å². The average Bonchev–Trinajstić information content (AvgIpc) is 2.97. The first-order chi connectivity index (χ1) is 23.1. The van der Waals surface area contributed by atoms with Crippen molar-refractivity contribution in [2.45, 2.75) is 77.7 Å². The Bertz CT molecular complexity index is 1100. The first kappa shape index (κ1) is 52.6. The first-order valence-corrected chi connectivity index (χ1v) is 70.7. The van der Waals surface area contributed by atoms with Crippen molar-refractivity contribution in [3.05, 3.63) is 0 Å². The van der Waals surface area contributed by atoms with Crippen LogP contribution >= 0.6 is 0 Å². The summed E-state index contributed by atoms with van der Waals surface area (Å²) < 4.78 is 63.2. The Labute approximate surface area is 333 Å². The quantitative estimate of drug-likeness (QED) is 0.0484. The van der Waals surface area contributed by atoms with E-state index in [2.05, 4.69) is 0 Å². The zero-order valence-corrected chi connectivity index (χ0v) is 56.7. The maximum Gasteiger partial charge on any atom is 0.338 e. The molecule has 0 aromatic rings. The standard InChI is InChI=1S/C13H66O18Si20/c1-23-46(12,32)51(26-40(2)21)48(49(37-18,38-19)25-34-15,31-47(35-16,36-17)24-33-14)29-44(10,27-42(4,5)6)13-45(11,28-43(7,8)9)30-50(51,39-20)41(3)22/h14-22,40-41H,13,33-39H2,1-12,32H3. The van der Waals surface area contributed by atoms with E-state index < -0.39 is 161 Å². The summed E-state index contributed by atoms with van der Waals surface area (Å²) >= 11 is 0. The summed E-state index contributed by atoms with van der Waals surface area (Å²) in [5.41, 5.74) is 0.151. The van der Waals surface area contributed by atoms with E-state index >= 15 is 0 Å². The van der Waals surface area contributed by atoms with Crippen molar-refractivity contribution < 1.29 is 80.5 Å². The maximum atomic E-state index is 12.5. The minimum absolute atomic E-state index is 0.151. The molecule has 0 radical (unpaired) electrons. The van der Waals surface area contributed by atoms with Crippen LogP contribution in [0.15, 0.2) is 0 Å². The molecule has 0 aromatic carbocycles. The molecular weight excluding hydrogens is 1010 g/mol. The summed E-state index contributed by atoms with van der Waals surface area (Å²) in [5.74, 6) is 0. The van der Waals surface area contributed by atoms with Gasteiger partial charge in [0.2, 0.25) is 25.4 Å². The van der Waals surface area contributed by atoms with Gasteiger partial charge in [0.1, 0.15) is 0 Å². The Morgan fingerprint density at radius 2 is 1.16 bits per heavy atom. The van der Waals surface area contributed by atoms with Crippen molar-refractivity contribution in [3.8, 4) is 0 Å². The van der Waals surface area contributed by atoms with E-state index in [1.807, 2.05) is 58.9 Å². The predicted molar refractivity (Wildman–Crippen MR) is 247 cm³/mol. The SMILES string of the molecule is CO[Si](C)([SiH3])[Si]1(O[SiH](C)O)[Si]([SiH2]O)([SiH](C)O)O[Si](C)(O[Si](C)(C)C)C[Si](C)(O[Si](C)(C)C)O[Si]1(O[Si](O[SiH2]O)([SiH2]O)[SiH2]O)[Si](O[SiH2]O)([SiH2]O)[SiH2]O. The molecule has 1 aliphatic heterocycles. The van der Waals surface area contributed by atoms with Crippen LogP contribution in [0.4, 0.5) is 0 Å². The highest BCUT2D eigenvalue weighted by Gasteiger charge is 2.91. The fraction of sp³-hybridized carbons (Fsp3) is 1.00. The Morgan fingerprint density at radius 3 is 1.47 bits per heavy atom. The smallest absolute Gasteiger partial charge is 0.338 e. The van der Waals surface area contributed by atoms with E-state index in [9.17, 15) is 43.2 Å². The third kappa shape index (κ3) is 11.3. The van der Waals surface area contributed by atoms with Crippen molar-refractivity contribution in [1.29, 1.82) is 0 Å². The molecule has 0 bridgehead atoms. The van der Waals surface area contributed by atoms with Gasteiger partial charge in [0, 0.05) is 22.5 Å². The number of rotatable bonds is 21. The van der Waals surface area contributed by atoms with Gasteiger partial charge in [0.25, 0.3) is 33.8 Å². The lowest BCUT2D eigenvalue weighted by Crippen LogP contribution is -3.06. The zero-order valence-electron chi connectivity index (χ0n) is 32.5. The van der Waals surface area contributed by atoms with Gasteiger partial charge in [-0.15, -0.1) is 0 Å². The number of hydrogen-bond donors (Lipinski definition) is 9. The second-order valence-electron chi connectivity index (χ2n) is 15.7. The van der Waals surface area contributed by atoms with Crippen LogP contribution in [0.3, 0.4) is 0 Å². The fourth-order valence-electron chi connectivity index (χ4n) is 7.24. The van der Waals surface area contributed by atoms with Gasteiger partial charge in [0.15, 0.2) is 60.4 Å². The van der Waals surface area contributed by atoms with Crippen LogP contribution in [0.1, 0.15) is 0 Å². The lowest BCUT2D eigenvalue weighted by Gasteiger charge is -2.67. The molecule has 18 nitrogen and oxygen atoms in total. The van der Waals surface area contributed by atoms with E-state index in [1.165, 1.54) is 13.7 Å². The monoisotopic (exact) mass is 1070 g/mol. The summed E-state index contributed by atoms with van der Waals surface area (Å²) in [5, 5.41) is 0. The van der Waals surface area contributed by atoms with Gasteiger partial charge in [0.05, 0.1) is 0 Å². The van der Waals surface area contributed by atoms with Crippen molar-refractivity contribution in [2.75, 3.05) is 7.11 Å². The normalized spacial score (nSPS) is 36.2. The highest BCUT2D eigenvalue weighted by molar-refractivity contribution is 8.12. The molecule has 1 heterocycles. The molecular formula is C13H66O18Si20. The highest BCUT2D eigenvalue weighted by atomic mass is 30.3. The van der Waals surface area contributed by atoms with Gasteiger partial charge in [-0.05, 0) is 72.0 Å². The van der Waals surface area contributed by atoms with Crippen molar-refractivity contribution >= 4 is 171 Å². The van der Waals surface area contributed by atoms with Gasteiger partial charge in [-0.25, -0.2) is 0 Å². The molecule has 0 aliphatic carbocycles. The molecule has 1 rings (SSSR count). The van der Waals surface area contributed by atoms with Gasteiger partial charge >= 0.3 is 41.6 Å². The minimum atomic E-state index is -4.96. The first-order valence-electron chi connectivity index (χ1n) is 16.7. The molecule has 0 aromatic heterocycles. The van der Waals surface area contributed by atoms with E-state index in [-0.39, 0.29) is 15.4 Å². The molecule has 8 unspecified atom stereocenters. The molecule has 1 fully saturated rings. The molecule has 38 heteroatoms. The lowest BCUT2D eigenvalue weighted by molar-refractivity contribution is 0.296. The lowest BCUT2D eigenvalue weighted by atomic mass is 11.8. The van der Waals surface area contributed by atoms with Crippen LogP contribution in [-0.2, 0) is 37.3 Å². The van der Waals surface area contributed by atoms with Crippen LogP contribution in [0.25, 0.3) is 0 Å². The molecule has 1 saturated heterocycles. The van der Waals surface area contributed by atoms with Gasteiger partial charge in [-0.1, -0.05) is 0 Å². The molecule has 0 spiro atoms. The van der Waals surface area contributed by atoms with Crippen LogP contribution in [0.2, 0.25) is 77.7 Å². The van der Waals surface area contributed by atoms with Crippen molar-refractivity contribution in [1.82, 2.24) is 0 Å². The second-order valence-corrected chi connectivity index (χ2v) is 131. The Kier molecular flexibility index (Phi) is 20.4. The number of hydrogen-bond acceptors (Lipinski definition) is 18. The minimum Gasteiger partial charge on any atom is -0.440 e. The average molecular weight is 1070 g/mol. The molecule has 0 saturated carbocycles. The summed E-state index contributed by atoms with van der Waals surface area (Å²) in [7, 11) is -47.0. The van der Waals surface area contributed by atoms with Crippen LogP contribution in [-0.4, -0.2) is 221 Å². The molecule has 9 N–H and O–H groups in total. The van der Waals surface area contributed by atoms with Crippen LogP contribution in [0.5, 0.6) is 0 Å². The summed E-state index contributed by atoms with van der Waals surface area (Å²) in [6.45, 7) is 7.75. The van der Waals surface area contributed by atoms with E-state index in [0.717, 1.165) is 0 Å². The summed E-state index contributed by atoms with van der Waals surface area (Å²) in [6.07, 6.45) is 0. The third-order valence-corrected chi connectivity index (χ3v) is 208. The molecule has 8 atom stereocenters. The van der Waals surface area contributed by atoms with E-state index in [0.29, 0.717) is 0 Å². The Hall–Kier alpha value is 3.62. The molecule has 1 aliphatic rings. The fourth-order valence-corrected chi connectivity index (χ4v) is 357. The van der Waals surface area contributed by atoms with E-state index in [1.54, 1.807) is 6.55 Å². The molecule has 51 heavy (non-hydrogen) atoms. The topological polar surface area (TPSA) is 265 Å². The molecule has 306 valence electrons. The third-order valence-electron chi connectivity index (χ3n) is 8.71. The highest BCUT2D eigenvalue weighted by Crippen LogP contribution is 2.50. The largest absolute Gasteiger partial charge is 0.440 e. The van der Waals surface area contributed by atoms with Crippen LogP contribution < -0.4 is 0 Å². The van der Waals surface area contributed by atoms with Crippen molar-refractivity contribution in [2.24, 2.45) is 0 Å². The zero-order chi connectivity index (χ0) is 40.2. The summed E-state index contributed by atoms with van der Waals surface area (Å²) in [6, 6.07) is 0. The van der Waals surface area contributed by atoms with Gasteiger partial charge in [-0.2, -0.15) is 0 Å². The Morgan fingerprint density at radius 1 is 0.706 bits per heavy atom.